The van der Waals surface area contributed by atoms with E-state index in [2.05, 4.69) is 17.3 Å². The second-order valence-electron chi connectivity index (χ2n) is 5.11. The van der Waals surface area contributed by atoms with Crippen LogP contribution >= 0.6 is 0 Å². The molecule has 0 saturated carbocycles. The van der Waals surface area contributed by atoms with Gasteiger partial charge >= 0.3 is 0 Å². The lowest BCUT2D eigenvalue weighted by molar-refractivity contribution is 0.213. The number of likely N-dealkylation sites (tertiary alicyclic amines) is 1. The van der Waals surface area contributed by atoms with Crippen molar-refractivity contribution in [1.29, 1.82) is 0 Å². The maximum atomic E-state index is 5.64. The van der Waals surface area contributed by atoms with Crippen LogP contribution in [-0.2, 0) is 0 Å². The number of nitrogens with zero attached hydrogens (tertiary/aromatic N) is 1. The topological polar surface area (TPSA) is 24.5 Å². The fourth-order valence-corrected chi connectivity index (χ4v) is 2.33. The molecule has 100 valence electrons. The molecule has 0 bridgehead atoms. The number of nitrogens with one attached hydrogen (secondary N) is 1. The van der Waals surface area contributed by atoms with Gasteiger partial charge in [-0.2, -0.15) is 0 Å². The number of piperidine rings is 1. The number of para-hydroxylation sites is 1. The summed E-state index contributed by atoms with van der Waals surface area (Å²) in [4.78, 5) is 2.41. The van der Waals surface area contributed by atoms with E-state index in [1.807, 2.05) is 30.3 Å². The fraction of sp³-hybridized carbons (Fsp3) is 0.600. The molecule has 1 heterocycles. The molecule has 0 unspecified atom stereocenters. The Morgan fingerprint density at radius 3 is 2.67 bits per heavy atom. The van der Waals surface area contributed by atoms with Crippen LogP contribution in [0.2, 0.25) is 0 Å². The first-order chi connectivity index (χ1) is 8.84. The molecule has 18 heavy (non-hydrogen) atoms. The summed E-state index contributed by atoms with van der Waals surface area (Å²) in [7, 11) is 2.21. The van der Waals surface area contributed by atoms with Gasteiger partial charge in [0.25, 0.3) is 0 Å². The summed E-state index contributed by atoms with van der Waals surface area (Å²) in [6.07, 6.45) is 2.64. The standard InChI is InChI=1S/C15H24N2O/c1-17-10-7-14(8-11-17)13-16-9-12-18-15-5-3-2-4-6-15/h2-6,14,16H,7-13H2,1H3. The molecular weight excluding hydrogens is 224 g/mol. The van der Waals surface area contributed by atoms with Gasteiger partial charge in [0.05, 0.1) is 0 Å². The van der Waals surface area contributed by atoms with Gasteiger partial charge in [-0.25, -0.2) is 0 Å². The van der Waals surface area contributed by atoms with Crippen LogP contribution in [0.4, 0.5) is 0 Å². The number of hydrogen-bond acceptors (Lipinski definition) is 3. The van der Waals surface area contributed by atoms with Crippen molar-refractivity contribution in [2.75, 3.05) is 39.8 Å². The SMILES string of the molecule is CN1CCC(CNCCOc2ccccc2)CC1. The van der Waals surface area contributed by atoms with Crippen molar-refractivity contribution in [3.63, 3.8) is 0 Å². The number of benzene rings is 1. The molecule has 1 saturated heterocycles. The van der Waals surface area contributed by atoms with E-state index in [1.54, 1.807) is 0 Å². The van der Waals surface area contributed by atoms with Crippen LogP contribution < -0.4 is 10.1 Å². The van der Waals surface area contributed by atoms with E-state index in [0.717, 1.165) is 31.4 Å². The molecule has 3 heteroatoms. The first kappa shape index (κ1) is 13.4. The highest BCUT2D eigenvalue weighted by Gasteiger charge is 2.15. The zero-order chi connectivity index (χ0) is 12.6. The molecule has 0 spiro atoms. The Kier molecular flexibility index (Phi) is 5.49. The number of ether oxygens (including phenoxy) is 1. The highest BCUT2D eigenvalue weighted by molar-refractivity contribution is 5.20. The summed E-state index contributed by atoms with van der Waals surface area (Å²) < 4.78 is 5.64. The summed E-state index contributed by atoms with van der Waals surface area (Å²) in [6, 6.07) is 10.0. The Labute approximate surface area is 110 Å². The van der Waals surface area contributed by atoms with E-state index in [9.17, 15) is 0 Å². The predicted octanol–water partition coefficient (Wildman–Crippen LogP) is 2.00. The molecule has 1 N–H and O–H groups in total. The lowest BCUT2D eigenvalue weighted by Gasteiger charge is -2.29. The summed E-state index contributed by atoms with van der Waals surface area (Å²) in [5, 5.41) is 3.50. The third-order valence-electron chi connectivity index (χ3n) is 3.56. The van der Waals surface area contributed by atoms with Gasteiger partial charge in [-0.15, -0.1) is 0 Å². The average molecular weight is 248 g/mol. The zero-order valence-electron chi connectivity index (χ0n) is 11.3. The quantitative estimate of drug-likeness (QED) is 0.779. The third kappa shape index (κ3) is 4.67. The van der Waals surface area contributed by atoms with Crippen molar-refractivity contribution in [2.45, 2.75) is 12.8 Å². The number of rotatable bonds is 6. The van der Waals surface area contributed by atoms with Gasteiger partial charge in [0.1, 0.15) is 12.4 Å². The van der Waals surface area contributed by atoms with Gasteiger partial charge in [0, 0.05) is 6.54 Å². The van der Waals surface area contributed by atoms with Crippen molar-refractivity contribution < 1.29 is 4.74 Å². The molecule has 1 aliphatic rings. The maximum Gasteiger partial charge on any atom is 0.119 e. The van der Waals surface area contributed by atoms with Gasteiger partial charge in [0.2, 0.25) is 0 Å². The largest absolute Gasteiger partial charge is 0.492 e. The van der Waals surface area contributed by atoms with E-state index >= 15 is 0 Å². The molecule has 0 aromatic heterocycles. The second-order valence-corrected chi connectivity index (χ2v) is 5.11. The normalized spacial score (nSPS) is 17.8. The van der Waals surface area contributed by atoms with Gasteiger partial charge in [-0.1, -0.05) is 18.2 Å². The summed E-state index contributed by atoms with van der Waals surface area (Å²) in [5.74, 6) is 1.80. The Balaban J connectivity index is 1.51. The highest BCUT2D eigenvalue weighted by atomic mass is 16.5. The third-order valence-corrected chi connectivity index (χ3v) is 3.56. The van der Waals surface area contributed by atoms with Crippen LogP contribution in [0.5, 0.6) is 5.75 Å². The first-order valence-corrected chi connectivity index (χ1v) is 6.92. The zero-order valence-corrected chi connectivity index (χ0v) is 11.3. The van der Waals surface area contributed by atoms with Crippen molar-refractivity contribution in [2.24, 2.45) is 5.92 Å². The van der Waals surface area contributed by atoms with E-state index in [-0.39, 0.29) is 0 Å². The average Bonchev–Trinajstić information content (AvgIpc) is 2.42. The van der Waals surface area contributed by atoms with E-state index in [1.165, 1.54) is 25.9 Å². The highest BCUT2D eigenvalue weighted by Crippen LogP contribution is 2.14. The minimum Gasteiger partial charge on any atom is -0.492 e. The predicted molar refractivity (Wildman–Crippen MR) is 75.0 cm³/mol. The molecule has 3 nitrogen and oxygen atoms in total. The molecule has 2 rings (SSSR count). The molecule has 1 fully saturated rings. The summed E-state index contributed by atoms with van der Waals surface area (Å²) in [5.41, 5.74) is 0. The lowest BCUT2D eigenvalue weighted by Crippen LogP contribution is -2.35. The van der Waals surface area contributed by atoms with Crippen molar-refractivity contribution in [1.82, 2.24) is 10.2 Å². The monoisotopic (exact) mass is 248 g/mol. The van der Waals surface area contributed by atoms with Gasteiger partial charge in [-0.3, -0.25) is 0 Å². The molecule has 1 aromatic rings. The lowest BCUT2D eigenvalue weighted by atomic mass is 9.97. The van der Waals surface area contributed by atoms with E-state index in [4.69, 9.17) is 4.74 Å². The van der Waals surface area contributed by atoms with Crippen LogP contribution in [-0.4, -0.2) is 44.7 Å². The Bertz CT molecular complexity index is 321. The minimum absolute atomic E-state index is 0.747. The second kappa shape index (κ2) is 7.39. The van der Waals surface area contributed by atoms with Crippen LogP contribution in [0, 0.1) is 5.92 Å². The molecule has 1 aromatic carbocycles. The number of hydrogen-bond donors (Lipinski definition) is 1. The maximum absolute atomic E-state index is 5.64. The van der Waals surface area contributed by atoms with Gasteiger partial charge in [0.15, 0.2) is 0 Å². The van der Waals surface area contributed by atoms with Crippen LogP contribution in [0.3, 0.4) is 0 Å². The van der Waals surface area contributed by atoms with Gasteiger partial charge < -0.3 is 15.0 Å². The molecular formula is C15H24N2O. The van der Waals surface area contributed by atoms with Crippen molar-refractivity contribution in [3.05, 3.63) is 30.3 Å². The summed E-state index contributed by atoms with van der Waals surface area (Å²) >= 11 is 0. The summed E-state index contributed by atoms with van der Waals surface area (Å²) in [6.45, 7) is 5.30. The minimum atomic E-state index is 0.747. The molecule has 0 radical (unpaired) electrons. The Hall–Kier alpha value is -1.06. The molecule has 0 amide bonds. The van der Waals surface area contributed by atoms with Crippen LogP contribution in [0.15, 0.2) is 30.3 Å². The van der Waals surface area contributed by atoms with E-state index < -0.39 is 0 Å². The fourth-order valence-electron chi connectivity index (χ4n) is 2.33. The molecule has 0 atom stereocenters. The van der Waals surface area contributed by atoms with Crippen LogP contribution in [0.1, 0.15) is 12.8 Å². The molecule has 1 aliphatic heterocycles. The smallest absolute Gasteiger partial charge is 0.119 e. The molecule has 0 aliphatic carbocycles. The van der Waals surface area contributed by atoms with Gasteiger partial charge in [-0.05, 0) is 57.6 Å². The Morgan fingerprint density at radius 1 is 1.22 bits per heavy atom. The first-order valence-electron chi connectivity index (χ1n) is 6.92. The van der Waals surface area contributed by atoms with Crippen molar-refractivity contribution in [3.8, 4) is 5.75 Å². The van der Waals surface area contributed by atoms with E-state index in [0.29, 0.717) is 0 Å². The van der Waals surface area contributed by atoms with Crippen LogP contribution in [0.25, 0.3) is 0 Å². The van der Waals surface area contributed by atoms with Crippen molar-refractivity contribution >= 4 is 0 Å². The Morgan fingerprint density at radius 2 is 1.94 bits per heavy atom.